The third-order valence-electron chi connectivity index (χ3n) is 4.00. The highest BCUT2D eigenvalue weighted by atomic mass is 16.7. The first-order valence-corrected chi connectivity index (χ1v) is 7.97. The molecule has 0 fully saturated rings. The van der Waals surface area contributed by atoms with Gasteiger partial charge in [0.2, 0.25) is 0 Å². The summed E-state index contributed by atoms with van der Waals surface area (Å²) in [6.45, 7) is 10.6. The topological polar surface area (TPSA) is 12.5 Å². The van der Waals surface area contributed by atoms with Gasteiger partial charge in [0, 0.05) is 5.56 Å². The van der Waals surface area contributed by atoms with Crippen LogP contribution in [-0.2, 0) is 11.4 Å². The van der Waals surface area contributed by atoms with E-state index in [2.05, 4.69) is 50.4 Å². The van der Waals surface area contributed by atoms with Crippen molar-refractivity contribution in [3.8, 4) is 0 Å². The molecular formula is C22H21NO. The summed E-state index contributed by atoms with van der Waals surface area (Å²) >= 11 is 0. The first-order chi connectivity index (χ1) is 11.7. The molecule has 0 unspecified atom stereocenters. The summed E-state index contributed by atoms with van der Waals surface area (Å²) in [4.78, 5) is 6.14. The van der Waals surface area contributed by atoms with E-state index in [0.29, 0.717) is 6.61 Å². The van der Waals surface area contributed by atoms with Gasteiger partial charge >= 0.3 is 0 Å². The van der Waals surface area contributed by atoms with Crippen LogP contribution in [0.15, 0.2) is 103 Å². The molecule has 0 aromatic heterocycles. The van der Waals surface area contributed by atoms with Crippen LogP contribution in [0.1, 0.15) is 18.1 Å². The van der Waals surface area contributed by atoms with Gasteiger partial charge in [-0.05, 0) is 29.7 Å². The van der Waals surface area contributed by atoms with E-state index in [-0.39, 0.29) is 0 Å². The van der Waals surface area contributed by atoms with E-state index in [9.17, 15) is 0 Å². The Morgan fingerprint density at radius 3 is 2.25 bits per heavy atom. The number of nitrogens with zero attached hydrogens (tertiary/aromatic N) is 1. The fourth-order valence-electron chi connectivity index (χ4n) is 2.77. The van der Waals surface area contributed by atoms with Crippen molar-refractivity contribution in [2.24, 2.45) is 0 Å². The lowest BCUT2D eigenvalue weighted by Gasteiger charge is -2.33. The Morgan fingerprint density at radius 1 is 1.00 bits per heavy atom. The monoisotopic (exact) mass is 315 g/mol. The van der Waals surface area contributed by atoms with Crippen molar-refractivity contribution in [1.29, 1.82) is 0 Å². The third kappa shape index (κ3) is 3.24. The highest BCUT2D eigenvalue weighted by molar-refractivity contribution is 5.74. The quantitative estimate of drug-likeness (QED) is 0.723. The van der Waals surface area contributed by atoms with Crippen LogP contribution < -0.4 is 0 Å². The molecule has 2 aromatic carbocycles. The fraction of sp³-hybridized carbons (Fsp3) is 0.0909. The van der Waals surface area contributed by atoms with Crippen molar-refractivity contribution in [3.63, 3.8) is 0 Å². The fourth-order valence-corrected chi connectivity index (χ4v) is 2.77. The van der Waals surface area contributed by atoms with Gasteiger partial charge in [-0.25, -0.2) is 5.06 Å². The molecule has 24 heavy (non-hydrogen) atoms. The molecule has 2 nitrogen and oxygen atoms in total. The molecule has 2 aromatic rings. The minimum absolute atomic E-state index is 0.480. The van der Waals surface area contributed by atoms with Gasteiger partial charge in [-0.3, -0.25) is 4.84 Å². The molecule has 0 amide bonds. The Bertz CT molecular complexity index is 800. The molecule has 1 aliphatic rings. The number of rotatable bonds is 5. The van der Waals surface area contributed by atoms with Gasteiger partial charge in [0.15, 0.2) is 0 Å². The minimum atomic E-state index is 0.480. The average molecular weight is 315 g/mol. The van der Waals surface area contributed by atoms with Gasteiger partial charge < -0.3 is 0 Å². The lowest BCUT2D eigenvalue weighted by atomic mass is 9.99. The molecule has 0 aliphatic carbocycles. The maximum absolute atomic E-state index is 6.14. The predicted molar refractivity (Wildman–Crippen MR) is 99.5 cm³/mol. The van der Waals surface area contributed by atoms with Crippen LogP contribution >= 0.6 is 0 Å². The molecule has 0 bridgehead atoms. The average Bonchev–Trinajstić information content (AvgIpc) is 2.63. The SMILES string of the molecule is C=CC1=CC(C)=C(c2ccccc2)N(OCc2ccccc2)C1=C. The highest BCUT2D eigenvalue weighted by Crippen LogP contribution is 2.35. The molecule has 0 atom stereocenters. The Labute approximate surface area is 143 Å². The van der Waals surface area contributed by atoms with Crippen LogP contribution in [0.25, 0.3) is 5.70 Å². The molecule has 0 saturated carbocycles. The van der Waals surface area contributed by atoms with E-state index < -0.39 is 0 Å². The van der Waals surface area contributed by atoms with E-state index in [0.717, 1.165) is 33.7 Å². The number of benzene rings is 2. The Kier molecular flexibility index (Phi) is 4.78. The molecule has 120 valence electrons. The molecule has 1 aliphatic heterocycles. The number of allylic oxidation sites excluding steroid dienone is 3. The molecule has 3 rings (SSSR count). The zero-order valence-electron chi connectivity index (χ0n) is 13.9. The Balaban J connectivity index is 1.95. The second-order valence-corrected chi connectivity index (χ2v) is 5.70. The van der Waals surface area contributed by atoms with Gasteiger partial charge in [-0.2, -0.15) is 0 Å². The van der Waals surface area contributed by atoms with Gasteiger partial charge in [-0.15, -0.1) is 0 Å². The van der Waals surface area contributed by atoms with Gasteiger partial charge in [0.1, 0.15) is 6.61 Å². The number of hydrogen-bond acceptors (Lipinski definition) is 2. The summed E-state index contributed by atoms with van der Waals surface area (Å²) in [5, 5.41) is 1.83. The molecular weight excluding hydrogens is 294 g/mol. The summed E-state index contributed by atoms with van der Waals surface area (Å²) in [6, 6.07) is 20.4. The normalized spacial score (nSPS) is 14.6. The van der Waals surface area contributed by atoms with Crippen molar-refractivity contribution in [2.45, 2.75) is 13.5 Å². The number of hydrogen-bond donors (Lipinski definition) is 0. The van der Waals surface area contributed by atoms with Crippen molar-refractivity contribution < 1.29 is 4.84 Å². The molecule has 0 radical (unpaired) electrons. The summed E-state index contributed by atoms with van der Waals surface area (Å²) < 4.78 is 0. The van der Waals surface area contributed by atoms with E-state index >= 15 is 0 Å². The predicted octanol–water partition coefficient (Wildman–Crippen LogP) is 5.49. The lowest BCUT2D eigenvalue weighted by Crippen LogP contribution is -2.25. The van der Waals surface area contributed by atoms with Crippen molar-refractivity contribution >= 4 is 5.70 Å². The Hall–Kier alpha value is -2.84. The van der Waals surface area contributed by atoms with E-state index in [1.54, 1.807) is 0 Å². The van der Waals surface area contributed by atoms with E-state index in [1.165, 1.54) is 0 Å². The largest absolute Gasteiger partial charge is 0.264 e. The zero-order chi connectivity index (χ0) is 16.9. The summed E-state index contributed by atoms with van der Waals surface area (Å²) in [5.74, 6) is 0. The van der Waals surface area contributed by atoms with E-state index in [4.69, 9.17) is 4.84 Å². The van der Waals surface area contributed by atoms with Crippen LogP contribution in [0.4, 0.5) is 0 Å². The molecule has 2 heteroatoms. The van der Waals surface area contributed by atoms with Crippen LogP contribution in [-0.4, -0.2) is 5.06 Å². The lowest BCUT2D eigenvalue weighted by molar-refractivity contribution is -0.0923. The standard InChI is InChI=1S/C22H21NO/c1-4-20-15-17(2)22(21-13-9-6-10-14-21)23(18(20)3)24-16-19-11-7-5-8-12-19/h4-15H,1,3,16H2,2H3. The Morgan fingerprint density at radius 2 is 1.62 bits per heavy atom. The molecule has 0 spiro atoms. The summed E-state index contributed by atoms with van der Waals surface area (Å²) in [5.41, 5.74) is 6.12. The van der Waals surface area contributed by atoms with Crippen LogP contribution in [0.3, 0.4) is 0 Å². The van der Waals surface area contributed by atoms with E-state index in [1.807, 2.05) is 47.5 Å². The van der Waals surface area contributed by atoms with Gasteiger partial charge in [0.25, 0.3) is 0 Å². The van der Waals surface area contributed by atoms with Crippen molar-refractivity contribution in [1.82, 2.24) is 5.06 Å². The second-order valence-electron chi connectivity index (χ2n) is 5.70. The first-order valence-electron chi connectivity index (χ1n) is 7.97. The maximum atomic E-state index is 6.14. The molecule has 0 N–H and O–H groups in total. The molecule has 0 saturated heterocycles. The second kappa shape index (κ2) is 7.16. The van der Waals surface area contributed by atoms with Gasteiger partial charge in [0.05, 0.1) is 11.4 Å². The highest BCUT2D eigenvalue weighted by Gasteiger charge is 2.23. The zero-order valence-corrected chi connectivity index (χ0v) is 13.9. The van der Waals surface area contributed by atoms with Crippen LogP contribution in [0.5, 0.6) is 0 Å². The minimum Gasteiger partial charge on any atom is -0.264 e. The smallest absolute Gasteiger partial charge is 0.100 e. The first kappa shape index (κ1) is 16.0. The summed E-state index contributed by atoms with van der Waals surface area (Å²) in [6.07, 6.45) is 3.91. The van der Waals surface area contributed by atoms with Crippen LogP contribution in [0, 0.1) is 0 Å². The van der Waals surface area contributed by atoms with Gasteiger partial charge in [-0.1, -0.05) is 79.9 Å². The maximum Gasteiger partial charge on any atom is 0.100 e. The van der Waals surface area contributed by atoms with Crippen molar-refractivity contribution in [2.75, 3.05) is 0 Å². The van der Waals surface area contributed by atoms with Crippen molar-refractivity contribution in [3.05, 3.63) is 114 Å². The van der Waals surface area contributed by atoms with Crippen LogP contribution in [0.2, 0.25) is 0 Å². The number of hydroxylamine groups is 2. The molecule has 1 heterocycles. The summed E-state index contributed by atoms with van der Waals surface area (Å²) in [7, 11) is 0. The third-order valence-corrected chi connectivity index (χ3v) is 4.00.